The first-order chi connectivity index (χ1) is 8.63. The Morgan fingerprint density at radius 3 is 2.37 bits per heavy atom. The summed E-state index contributed by atoms with van der Waals surface area (Å²) in [5.74, 6) is -2.48. The molecule has 0 aromatic heterocycles. The van der Waals surface area contributed by atoms with Crippen LogP contribution in [-0.2, 0) is 24.4 Å². The van der Waals surface area contributed by atoms with Crippen LogP contribution in [0.4, 0.5) is 0 Å². The molecule has 1 heterocycles. The quantitative estimate of drug-likeness (QED) is 0.421. The molecule has 2 amide bonds. The predicted octanol–water partition coefficient (Wildman–Crippen LogP) is -0.0596. The number of hydrogen-bond donors (Lipinski definition) is 2. The maximum atomic E-state index is 11.7. The Morgan fingerprint density at radius 1 is 1.58 bits per heavy atom. The van der Waals surface area contributed by atoms with Crippen LogP contribution in [0.2, 0.25) is 0 Å². The third-order valence-corrected chi connectivity index (χ3v) is 4.38. The Bertz CT molecular complexity index is 480. The smallest absolute Gasteiger partial charge is 0.330 e. The van der Waals surface area contributed by atoms with Gasteiger partial charge in [-0.15, -0.1) is 0 Å². The first-order valence-electron chi connectivity index (χ1n) is 5.20. The molecular formula is C10H13ClN2O5S. The van der Waals surface area contributed by atoms with Gasteiger partial charge in [0.15, 0.2) is 16.1 Å². The molecule has 0 bridgehead atoms. The zero-order valence-electron chi connectivity index (χ0n) is 10.3. The second-order valence-corrected chi connectivity index (χ2v) is 6.18. The Kier molecular flexibility index (Phi) is 4.36. The molecule has 0 radical (unpaired) electrons. The summed E-state index contributed by atoms with van der Waals surface area (Å²) < 4.78 is 11.6. The van der Waals surface area contributed by atoms with Gasteiger partial charge in [-0.05, 0) is 23.2 Å². The van der Waals surface area contributed by atoms with Gasteiger partial charge < -0.3 is 10.4 Å². The average Bonchev–Trinajstić information content (AvgIpc) is 2.22. The highest BCUT2D eigenvalue weighted by Crippen LogP contribution is 2.38. The van der Waals surface area contributed by atoms with Crippen molar-refractivity contribution in [2.75, 3.05) is 0 Å². The number of likely N-dealkylation sites (tertiary alicyclic amines) is 1. The summed E-state index contributed by atoms with van der Waals surface area (Å²) in [6.07, 6.45) is -0.320. The highest BCUT2D eigenvalue weighted by Gasteiger charge is 2.60. The Labute approximate surface area is 116 Å². The molecule has 1 aliphatic heterocycles. The Balaban J connectivity index is 3.24. The summed E-state index contributed by atoms with van der Waals surface area (Å²) in [7, 11) is 3.37. The molecule has 9 heteroatoms. The van der Waals surface area contributed by atoms with Crippen LogP contribution in [0, 0.1) is 0 Å². The van der Waals surface area contributed by atoms with Crippen molar-refractivity contribution in [3.63, 3.8) is 0 Å². The molecule has 1 rings (SSSR count). The number of carbonyl (C=O) groups excluding carboxylic acids is 2. The second kappa shape index (κ2) is 5.30. The lowest BCUT2D eigenvalue weighted by Crippen LogP contribution is -2.76. The molecule has 0 aromatic rings. The minimum Gasteiger partial charge on any atom is -0.479 e. The lowest BCUT2D eigenvalue weighted by atomic mass is 10.00. The number of aliphatic carboxylic acids is 1. The summed E-state index contributed by atoms with van der Waals surface area (Å²) in [4.78, 5) is 33.1. The molecule has 7 nitrogen and oxygen atoms in total. The fourth-order valence-corrected chi connectivity index (χ4v) is 3.26. The second-order valence-electron chi connectivity index (χ2n) is 4.22. The highest BCUT2D eigenvalue weighted by molar-refractivity contribution is 8.09. The fourth-order valence-electron chi connectivity index (χ4n) is 1.93. The first kappa shape index (κ1) is 15.6. The van der Waals surface area contributed by atoms with E-state index < -0.39 is 38.8 Å². The van der Waals surface area contributed by atoms with Crippen LogP contribution < -0.4 is 5.32 Å². The first-order valence-corrected chi connectivity index (χ1v) is 7.18. The van der Waals surface area contributed by atoms with Crippen LogP contribution in [0.5, 0.6) is 0 Å². The van der Waals surface area contributed by atoms with Crippen LogP contribution in [0.25, 0.3) is 0 Å². The van der Waals surface area contributed by atoms with Gasteiger partial charge in [0.05, 0.1) is 6.42 Å². The third-order valence-electron chi connectivity index (χ3n) is 2.64. The topological polar surface area (TPSA) is 104 Å². The van der Waals surface area contributed by atoms with Gasteiger partial charge in [0.2, 0.25) is 16.8 Å². The average molecular weight is 309 g/mol. The van der Waals surface area contributed by atoms with Gasteiger partial charge in [-0.3, -0.25) is 14.5 Å². The molecule has 0 aromatic carbocycles. The molecule has 1 aliphatic rings. The summed E-state index contributed by atoms with van der Waals surface area (Å²) >= 11 is 0. The van der Waals surface area contributed by atoms with Crippen molar-refractivity contribution in [3.8, 4) is 0 Å². The van der Waals surface area contributed by atoms with Crippen molar-refractivity contribution >= 4 is 38.5 Å². The molecule has 106 valence electrons. The zero-order valence-corrected chi connectivity index (χ0v) is 11.9. The van der Waals surface area contributed by atoms with E-state index in [2.05, 4.69) is 11.9 Å². The SMILES string of the molecule is C=C(C)C(C(=O)O)N1C(=O)CC1(NC(C)=O)S(=O)Cl. The van der Waals surface area contributed by atoms with Crippen molar-refractivity contribution in [2.24, 2.45) is 0 Å². The molecule has 3 atom stereocenters. The van der Waals surface area contributed by atoms with Gasteiger partial charge in [0.25, 0.3) is 0 Å². The van der Waals surface area contributed by atoms with Gasteiger partial charge in [0, 0.05) is 6.92 Å². The minimum atomic E-state index is -2.17. The van der Waals surface area contributed by atoms with Crippen molar-refractivity contribution in [1.29, 1.82) is 0 Å². The number of rotatable bonds is 5. The van der Waals surface area contributed by atoms with Crippen LogP contribution in [0.3, 0.4) is 0 Å². The largest absolute Gasteiger partial charge is 0.479 e. The van der Waals surface area contributed by atoms with E-state index in [0.717, 1.165) is 11.8 Å². The number of carboxylic acid groups (broad SMARTS) is 1. The van der Waals surface area contributed by atoms with Gasteiger partial charge in [0.1, 0.15) is 0 Å². The molecule has 1 fully saturated rings. The standard InChI is InChI=1S/C10H13ClN2O5S/c1-5(2)8(9(16)17)13-7(15)4-10(13,19(11)18)12-6(3)14/h8H,1,4H2,2-3H3,(H,12,14)(H,16,17). The molecule has 3 unspecified atom stereocenters. The van der Waals surface area contributed by atoms with Crippen molar-refractivity contribution < 1.29 is 23.7 Å². The van der Waals surface area contributed by atoms with Crippen LogP contribution in [0.15, 0.2) is 12.2 Å². The normalized spacial score (nSPS) is 25.2. The molecule has 0 aliphatic carbocycles. The fraction of sp³-hybridized carbons (Fsp3) is 0.500. The molecule has 0 saturated carbocycles. The van der Waals surface area contributed by atoms with Crippen molar-refractivity contribution in [1.82, 2.24) is 10.2 Å². The Hall–Kier alpha value is -1.41. The predicted molar refractivity (Wildman–Crippen MR) is 68.2 cm³/mol. The molecule has 1 saturated heterocycles. The number of β-lactam (4-membered cyclic amide) rings is 1. The summed E-state index contributed by atoms with van der Waals surface area (Å²) in [6, 6.07) is -1.39. The molecule has 2 N–H and O–H groups in total. The number of halogens is 1. The third kappa shape index (κ3) is 2.64. The zero-order chi connectivity index (χ0) is 15.0. The van der Waals surface area contributed by atoms with Crippen LogP contribution in [-0.4, -0.2) is 43.0 Å². The number of hydrogen-bond acceptors (Lipinski definition) is 4. The van der Waals surface area contributed by atoms with E-state index in [1.54, 1.807) is 0 Å². The number of amides is 2. The van der Waals surface area contributed by atoms with Crippen molar-refractivity contribution in [2.45, 2.75) is 31.3 Å². The van der Waals surface area contributed by atoms with E-state index in [1.165, 1.54) is 6.92 Å². The Morgan fingerprint density at radius 2 is 2.11 bits per heavy atom. The molecule has 19 heavy (non-hydrogen) atoms. The van der Waals surface area contributed by atoms with E-state index in [4.69, 9.17) is 15.8 Å². The monoisotopic (exact) mass is 308 g/mol. The van der Waals surface area contributed by atoms with Gasteiger partial charge in [-0.25, -0.2) is 9.00 Å². The number of carboxylic acids is 1. The summed E-state index contributed by atoms with van der Waals surface area (Å²) in [6.45, 7) is 6.06. The van der Waals surface area contributed by atoms with E-state index >= 15 is 0 Å². The van der Waals surface area contributed by atoms with Crippen LogP contribution >= 0.6 is 10.7 Å². The number of nitrogens with zero attached hydrogens (tertiary/aromatic N) is 1. The number of nitrogens with one attached hydrogen (secondary N) is 1. The lowest BCUT2D eigenvalue weighted by molar-refractivity contribution is -0.165. The lowest BCUT2D eigenvalue weighted by Gasteiger charge is -2.51. The maximum Gasteiger partial charge on any atom is 0.330 e. The minimum absolute atomic E-state index is 0.164. The van der Waals surface area contributed by atoms with Crippen LogP contribution in [0.1, 0.15) is 20.3 Å². The molecular weight excluding hydrogens is 296 g/mol. The maximum absolute atomic E-state index is 11.7. The van der Waals surface area contributed by atoms with E-state index in [9.17, 15) is 18.6 Å². The van der Waals surface area contributed by atoms with E-state index in [1.807, 2.05) is 0 Å². The summed E-state index contributed by atoms with van der Waals surface area (Å²) in [5, 5.41) is 11.4. The number of carbonyl (C=O) groups is 3. The van der Waals surface area contributed by atoms with Crippen molar-refractivity contribution in [3.05, 3.63) is 12.2 Å². The van der Waals surface area contributed by atoms with E-state index in [-0.39, 0.29) is 12.0 Å². The van der Waals surface area contributed by atoms with Gasteiger partial charge >= 0.3 is 5.97 Å². The highest BCUT2D eigenvalue weighted by atomic mass is 35.7. The van der Waals surface area contributed by atoms with Gasteiger partial charge in [-0.2, -0.15) is 0 Å². The van der Waals surface area contributed by atoms with E-state index in [0.29, 0.717) is 0 Å². The van der Waals surface area contributed by atoms with Gasteiger partial charge in [-0.1, -0.05) is 6.58 Å². The summed E-state index contributed by atoms with van der Waals surface area (Å²) in [5.41, 5.74) is 0.164. The molecule has 0 spiro atoms.